The van der Waals surface area contributed by atoms with Gasteiger partial charge in [0.1, 0.15) is 10.8 Å². The molecular formula is C12H14ClN3O. The summed E-state index contributed by atoms with van der Waals surface area (Å²) in [5, 5.41) is 3.04. The van der Waals surface area contributed by atoms with Crippen LogP contribution in [-0.2, 0) is 0 Å². The molecule has 1 amide bonds. The second-order valence-electron chi connectivity index (χ2n) is 3.99. The Morgan fingerprint density at radius 1 is 1.47 bits per heavy atom. The van der Waals surface area contributed by atoms with Crippen LogP contribution in [0.25, 0.3) is 0 Å². The Labute approximate surface area is 105 Å². The molecule has 0 radical (unpaired) electrons. The van der Waals surface area contributed by atoms with E-state index in [0.29, 0.717) is 6.54 Å². The maximum Gasteiger partial charge on any atom is 0.271 e. The van der Waals surface area contributed by atoms with Gasteiger partial charge in [-0.3, -0.25) is 9.78 Å². The van der Waals surface area contributed by atoms with Gasteiger partial charge in [-0.2, -0.15) is 0 Å². The number of hydrogen-bond acceptors (Lipinski definition) is 3. The summed E-state index contributed by atoms with van der Waals surface area (Å²) in [6, 6.07) is 0. The molecule has 1 aliphatic carbocycles. The van der Waals surface area contributed by atoms with E-state index in [1.807, 2.05) is 0 Å². The van der Waals surface area contributed by atoms with Crippen molar-refractivity contribution in [3.05, 3.63) is 34.9 Å². The first-order chi connectivity index (χ1) is 8.25. The van der Waals surface area contributed by atoms with E-state index in [1.54, 1.807) is 0 Å². The average molecular weight is 252 g/mol. The van der Waals surface area contributed by atoms with Gasteiger partial charge in [0.05, 0.1) is 12.4 Å². The van der Waals surface area contributed by atoms with Gasteiger partial charge in [-0.15, -0.1) is 0 Å². The van der Waals surface area contributed by atoms with Crippen molar-refractivity contribution in [2.45, 2.75) is 25.7 Å². The molecule has 0 aliphatic heterocycles. The Morgan fingerprint density at radius 3 is 3.06 bits per heavy atom. The van der Waals surface area contributed by atoms with Crippen molar-refractivity contribution in [1.29, 1.82) is 0 Å². The van der Waals surface area contributed by atoms with E-state index >= 15 is 0 Å². The summed E-state index contributed by atoms with van der Waals surface area (Å²) in [7, 11) is 0. The van der Waals surface area contributed by atoms with Crippen LogP contribution in [0.4, 0.5) is 0 Å². The van der Waals surface area contributed by atoms with Crippen molar-refractivity contribution in [1.82, 2.24) is 15.3 Å². The van der Waals surface area contributed by atoms with Gasteiger partial charge < -0.3 is 5.32 Å². The minimum absolute atomic E-state index is 0.224. The van der Waals surface area contributed by atoms with Gasteiger partial charge in [0, 0.05) is 6.54 Å². The minimum Gasteiger partial charge on any atom is -0.350 e. The number of halogens is 1. The highest BCUT2D eigenvalue weighted by molar-refractivity contribution is 6.29. The zero-order chi connectivity index (χ0) is 12.1. The minimum atomic E-state index is -0.224. The predicted octanol–water partition coefficient (Wildman–Crippen LogP) is 2.36. The molecule has 0 aromatic carbocycles. The first-order valence-electron chi connectivity index (χ1n) is 5.69. The molecule has 1 aromatic heterocycles. The summed E-state index contributed by atoms with van der Waals surface area (Å²) in [4.78, 5) is 19.4. The van der Waals surface area contributed by atoms with Crippen LogP contribution in [-0.4, -0.2) is 22.4 Å². The van der Waals surface area contributed by atoms with Crippen molar-refractivity contribution in [2.75, 3.05) is 6.54 Å². The van der Waals surface area contributed by atoms with E-state index in [2.05, 4.69) is 21.4 Å². The lowest BCUT2D eigenvalue weighted by Gasteiger charge is -2.05. The maximum absolute atomic E-state index is 11.7. The molecule has 0 atom stereocenters. The normalized spacial score (nSPS) is 14.5. The second-order valence-corrected chi connectivity index (χ2v) is 4.37. The van der Waals surface area contributed by atoms with Crippen LogP contribution in [0.5, 0.6) is 0 Å². The Hall–Kier alpha value is -1.42. The molecule has 90 valence electrons. The van der Waals surface area contributed by atoms with Gasteiger partial charge in [-0.1, -0.05) is 23.3 Å². The van der Waals surface area contributed by atoms with E-state index < -0.39 is 0 Å². The van der Waals surface area contributed by atoms with Crippen LogP contribution in [0.2, 0.25) is 5.15 Å². The summed E-state index contributed by atoms with van der Waals surface area (Å²) in [6.45, 7) is 0.638. The first kappa shape index (κ1) is 12.0. The number of aromatic nitrogens is 2. The number of nitrogens with zero attached hydrogens (tertiary/aromatic N) is 2. The summed E-state index contributed by atoms with van der Waals surface area (Å²) in [5.41, 5.74) is 1.69. The SMILES string of the molecule is O=C(NCCC1=CCCC1)c1cncc(Cl)n1. The van der Waals surface area contributed by atoms with Crippen molar-refractivity contribution >= 4 is 17.5 Å². The van der Waals surface area contributed by atoms with Gasteiger partial charge in [0.25, 0.3) is 5.91 Å². The van der Waals surface area contributed by atoms with E-state index in [1.165, 1.54) is 30.8 Å². The van der Waals surface area contributed by atoms with Crippen LogP contribution in [0.1, 0.15) is 36.2 Å². The van der Waals surface area contributed by atoms with E-state index in [9.17, 15) is 4.79 Å². The Bertz CT molecular complexity index is 445. The van der Waals surface area contributed by atoms with E-state index in [0.717, 1.165) is 12.8 Å². The summed E-state index contributed by atoms with van der Waals surface area (Å²) < 4.78 is 0. The lowest BCUT2D eigenvalue weighted by Crippen LogP contribution is -2.25. The quantitative estimate of drug-likeness (QED) is 0.836. The molecule has 0 fully saturated rings. The maximum atomic E-state index is 11.7. The monoisotopic (exact) mass is 251 g/mol. The smallest absolute Gasteiger partial charge is 0.271 e. The van der Waals surface area contributed by atoms with E-state index in [-0.39, 0.29) is 16.8 Å². The van der Waals surface area contributed by atoms with Crippen LogP contribution in [0.3, 0.4) is 0 Å². The average Bonchev–Trinajstić information content (AvgIpc) is 2.82. The highest BCUT2D eigenvalue weighted by Crippen LogP contribution is 2.19. The van der Waals surface area contributed by atoms with Gasteiger partial charge in [-0.05, 0) is 25.7 Å². The molecule has 2 rings (SSSR count). The number of carbonyl (C=O) groups is 1. The number of allylic oxidation sites excluding steroid dienone is 1. The number of nitrogens with one attached hydrogen (secondary N) is 1. The zero-order valence-corrected chi connectivity index (χ0v) is 10.2. The third-order valence-electron chi connectivity index (χ3n) is 2.70. The topological polar surface area (TPSA) is 54.9 Å². The standard InChI is InChI=1S/C12H14ClN3O/c13-11-8-14-7-10(16-11)12(17)15-6-5-9-3-1-2-4-9/h3,7-8H,1-2,4-6H2,(H,15,17). The fourth-order valence-corrected chi connectivity index (χ4v) is 1.99. The summed E-state index contributed by atoms with van der Waals surface area (Å²) >= 11 is 5.66. The third kappa shape index (κ3) is 3.53. The predicted molar refractivity (Wildman–Crippen MR) is 65.9 cm³/mol. The number of hydrogen-bond donors (Lipinski definition) is 1. The fraction of sp³-hybridized carbons (Fsp3) is 0.417. The third-order valence-corrected chi connectivity index (χ3v) is 2.89. The molecule has 1 heterocycles. The molecule has 1 aromatic rings. The van der Waals surface area contributed by atoms with Crippen LogP contribution < -0.4 is 5.32 Å². The Kier molecular flexibility index (Phi) is 4.09. The highest BCUT2D eigenvalue weighted by atomic mass is 35.5. The molecular weight excluding hydrogens is 238 g/mol. The molecule has 0 saturated heterocycles. The fourth-order valence-electron chi connectivity index (χ4n) is 1.84. The Morgan fingerprint density at radius 2 is 2.35 bits per heavy atom. The molecule has 5 heteroatoms. The molecule has 0 unspecified atom stereocenters. The Balaban J connectivity index is 1.81. The molecule has 17 heavy (non-hydrogen) atoms. The second kappa shape index (κ2) is 5.77. The van der Waals surface area contributed by atoms with Crippen LogP contribution in [0, 0.1) is 0 Å². The van der Waals surface area contributed by atoms with Gasteiger partial charge in [0.2, 0.25) is 0 Å². The van der Waals surface area contributed by atoms with Crippen molar-refractivity contribution in [3.63, 3.8) is 0 Å². The number of rotatable bonds is 4. The van der Waals surface area contributed by atoms with Crippen molar-refractivity contribution in [3.8, 4) is 0 Å². The molecule has 4 nitrogen and oxygen atoms in total. The van der Waals surface area contributed by atoms with Gasteiger partial charge in [-0.25, -0.2) is 4.98 Å². The van der Waals surface area contributed by atoms with Crippen molar-refractivity contribution in [2.24, 2.45) is 0 Å². The summed E-state index contributed by atoms with van der Waals surface area (Å²) in [6.07, 6.45) is 9.56. The molecule has 0 spiro atoms. The van der Waals surface area contributed by atoms with Crippen LogP contribution >= 0.6 is 11.6 Å². The van der Waals surface area contributed by atoms with Crippen LogP contribution in [0.15, 0.2) is 24.0 Å². The molecule has 1 aliphatic rings. The van der Waals surface area contributed by atoms with Gasteiger partial charge >= 0.3 is 0 Å². The van der Waals surface area contributed by atoms with Gasteiger partial charge in [0.15, 0.2) is 0 Å². The summed E-state index contributed by atoms with van der Waals surface area (Å²) in [5.74, 6) is -0.224. The molecule has 0 saturated carbocycles. The molecule has 1 N–H and O–H groups in total. The lowest BCUT2D eigenvalue weighted by molar-refractivity contribution is 0.0948. The molecule has 0 bridgehead atoms. The highest BCUT2D eigenvalue weighted by Gasteiger charge is 2.09. The zero-order valence-electron chi connectivity index (χ0n) is 9.45. The first-order valence-corrected chi connectivity index (χ1v) is 6.07. The number of amides is 1. The van der Waals surface area contributed by atoms with Crippen molar-refractivity contribution < 1.29 is 4.79 Å². The lowest BCUT2D eigenvalue weighted by atomic mass is 10.2. The largest absolute Gasteiger partial charge is 0.350 e. The number of carbonyl (C=O) groups excluding carboxylic acids is 1. The van der Waals surface area contributed by atoms with E-state index in [4.69, 9.17) is 11.6 Å².